The molecule has 76 valence electrons. The van der Waals surface area contributed by atoms with Crippen molar-refractivity contribution in [1.29, 1.82) is 0 Å². The molecule has 0 bridgehead atoms. The van der Waals surface area contributed by atoms with Crippen LogP contribution in [0.1, 0.15) is 13.8 Å². The Hall–Kier alpha value is -0.770. The molecule has 0 aliphatic rings. The fourth-order valence-electron chi connectivity index (χ4n) is 0.814. The van der Waals surface area contributed by atoms with Gasteiger partial charge in [0.15, 0.2) is 5.03 Å². The second-order valence-corrected chi connectivity index (χ2v) is 2.65. The molecule has 0 aromatic carbocycles. The van der Waals surface area contributed by atoms with Crippen LogP contribution in [0.15, 0.2) is 11.0 Å². The Kier molecular flexibility index (Phi) is 5.46. The van der Waals surface area contributed by atoms with Gasteiger partial charge in [-0.05, 0) is 13.8 Å². The number of carbonyl (C=O) groups is 1. The van der Waals surface area contributed by atoms with Crippen LogP contribution < -0.4 is 0 Å². The molecule has 0 aliphatic heterocycles. The first-order chi connectivity index (χ1) is 6.08. The van der Waals surface area contributed by atoms with Gasteiger partial charge >= 0.3 is 5.97 Å². The summed E-state index contributed by atoms with van der Waals surface area (Å²) in [6.07, 6.45) is 0. The van der Waals surface area contributed by atoms with E-state index < -0.39 is 17.0 Å². The molecule has 0 rings (SSSR count). The number of esters is 1. The highest BCUT2D eigenvalue weighted by Gasteiger charge is 2.17. The van der Waals surface area contributed by atoms with E-state index in [1.54, 1.807) is 13.8 Å². The second-order valence-electron chi connectivity index (χ2n) is 2.27. The molecule has 0 saturated carbocycles. The Morgan fingerprint density at radius 2 is 1.92 bits per heavy atom. The van der Waals surface area contributed by atoms with E-state index in [0.29, 0.717) is 13.1 Å². The quantitative estimate of drug-likeness (QED) is 0.402. The van der Waals surface area contributed by atoms with Crippen molar-refractivity contribution in [3.8, 4) is 0 Å². The topological polar surface area (TPSA) is 29.5 Å². The lowest BCUT2D eigenvalue weighted by Gasteiger charge is -2.18. The molecule has 0 spiro atoms. The van der Waals surface area contributed by atoms with Gasteiger partial charge in [-0.2, -0.15) is 4.39 Å². The summed E-state index contributed by atoms with van der Waals surface area (Å²) < 4.78 is 17.5. The monoisotopic (exact) mass is 209 g/mol. The molecule has 3 nitrogen and oxygen atoms in total. The zero-order valence-electron chi connectivity index (χ0n) is 7.93. The van der Waals surface area contributed by atoms with Crippen LogP contribution in [-0.2, 0) is 9.53 Å². The van der Waals surface area contributed by atoms with Crippen LogP contribution >= 0.6 is 11.6 Å². The van der Waals surface area contributed by atoms with Crippen LogP contribution in [0.2, 0.25) is 0 Å². The smallest absolute Gasteiger partial charge is 0.354 e. The van der Waals surface area contributed by atoms with Gasteiger partial charge in [-0.3, -0.25) is 0 Å². The summed E-state index contributed by atoms with van der Waals surface area (Å²) in [6.45, 7) is 4.44. The van der Waals surface area contributed by atoms with E-state index in [2.05, 4.69) is 4.74 Å². The first kappa shape index (κ1) is 12.2. The van der Waals surface area contributed by atoms with Crippen LogP contribution in [0.5, 0.6) is 0 Å². The maximum absolute atomic E-state index is 13.3. The van der Waals surface area contributed by atoms with E-state index in [1.165, 1.54) is 4.90 Å². The minimum Gasteiger partial charge on any atom is -0.465 e. The summed E-state index contributed by atoms with van der Waals surface area (Å²) >= 11 is 5.42. The molecule has 0 aromatic rings. The average Bonchev–Trinajstić information content (AvgIpc) is 2.17. The summed E-state index contributed by atoms with van der Waals surface area (Å²) in [5, 5.41) is -0.508. The molecule has 0 aliphatic carbocycles. The number of methoxy groups -OCH3 is 1. The second kappa shape index (κ2) is 5.80. The third-order valence-electron chi connectivity index (χ3n) is 1.59. The Balaban J connectivity index is 4.67. The molecule has 0 heterocycles. The van der Waals surface area contributed by atoms with Crippen molar-refractivity contribution in [3.63, 3.8) is 0 Å². The maximum atomic E-state index is 13.3. The molecule has 0 saturated heterocycles. The van der Waals surface area contributed by atoms with Crippen LogP contribution in [-0.4, -0.2) is 31.1 Å². The highest BCUT2D eigenvalue weighted by Crippen LogP contribution is 2.16. The van der Waals surface area contributed by atoms with Crippen LogP contribution in [0, 0.1) is 0 Å². The van der Waals surface area contributed by atoms with Gasteiger partial charge in [-0.15, -0.1) is 0 Å². The molecule has 5 heteroatoms. The zero-order chi connectivity index (χ0) is 10.4. The molecule has 0 N–H and O–H groups in total. The largest absolute Gasteiger partial charge is 0.465 e. The third-order valence-corrected chi connectivity index (χ3v) is 1.90. The number of halogens is 2. The van der Waals surface area contributed by atoms with Gasteiger partial charge in [0.2, 0.25) is 5.95 Å². The van der Waals surface area contributed by atoms with Crippen molar-refractivity contribution >= 4 is 17.6 Å². The van der Waals surface area contributed by atoms with Crippen LogP contribution in [0.4, 0.5) is 4.39 Å². The SMILES string of the molecule is CCN(CC)/C(F)=C(\Cl)C(=O)OC. The van der Waals surface area contributed by atoms with Crippen molar-refractivity contribution in [2.24, 2.45) is 0 Å². The van der Waals surface area contributed by atoms with E-state index >= 15 is 0 Å². The van der Waals surface area contributed by atoms with Gasteiger partial charge in [0.05, 0.1) is 7.11 Å². The fourth-order valence-corrected chi connectivity index (χ4v) is 1.01. The number of rotatable bonds is 4. The summed E-state index contributed by atoms with van der Waals surface area (Å²) in [7, 11) is 1.15. The molecular weight excluding hydrogens is 197 g/mol. The van der Waals surface area contributed by atoms with E-state index in [-0.39, 0.29) is 0 Å². The summed E-state index contributed by atoms with van der Waals surface area (Å²) in [6, 6.07) is 0. The molecular formula is C8H13ClFNO2. The molecule has 0 radical (unpaired) electrons. The number of nitrogens with zero attached hydrogens (tertiary/aromatic N) is 1. The molecule has 13 heavy (non-hydrogen) atoms. The van der Waals surface area contributed by atoms with Crippen molar-refractivity contribution in [2.75, 3.05) is 20.2 Å². The highest BCUT2D eigenvalue weighted by atomic mass is 35.5. The van der Waals surface area contributed by atoms with Crippen molar-refractivity contribution in [3.05, 3.63) is 11.0 Å². The molecule has 0 aromatic heterocycles. The minimum atomic E-state index is -0.855. The lowest BCUT2D eigenvalue weighted by Crippen LogP contribution is -2.22. The summed E-state index contributed by atoms with van der Waals surface area (Å²) in [5.74, 6) is -1.59. The summed E-state index contributed by atoms with van der Waals surface area (Å²) in [5.41, 5.74) is 0. The fraction of sp³-hybridized carbons (Fsp3) is 0.625. The van der Waals surface area contributed by atoms with E-state index in [4.69, 9.17) is 11.6 Å². The molecule has 0 fully saturated rings. The van der Waals surface area contributed by atoms with Crippen LogP contribution in [0.3, 0.4) is 0 Å². The van der Waals surface area contributed by atoms with Crippen molar-refractivity contribution in [1.82, 2.24) is 4.90 Å². The highest BCUT2D eigenvalue weighted by molar-refractivity contribution is 6.41. The van der Waals surface area contributed by atoms with Gasteiger partial charge in [-0.25, -0.2) is 4.79 Å². The van der Waals surface area contributed by atoms with Crippen molar-refractivity contribution < 1.29 is 13.9 Å². The lowest BCUT2D eigenvalue weighted by molar-refractivity contribution is -0.135. The van der Waals surface area contributed by atoms with Gasteiger partial charge in [-0.1, -0.05) is 11.6 Å². The number of ether oxygens (including phenoxy) is 1. The first-order valence-corrected chi connectivity index (χ1v) is 4.34. The van der Waals surface area contributed by atoms with Gasteiger partial charge in [0, 0.05) is 13.1 Å². The maximum Gasteiger partial charge on any atom is 0.354 e. The predicted molar refractivity (Wildman–Crippen MR) is 48.9 cm³/mol. The number of carbonyl (C=O) groups excluding carboxylic acids is 1. The van der Waals surface area contributed by atoms with E-state index in [1.807, 2.05) is 0 Å². The Morgan fingerprint density at radius 3 is 2.23 bits per heavy atom. The molecule has 0 atom stereocenters. The average molecular weight is 210 g/mol. The molecule has 0 unspecified atom stereocenters. The molecule has 0 amide bonds. The van der Waals surface area contributed by atoms with Crippen LogP contribution in [0.25, 0.3) is 0 Å². The van der Waals surface area contributed by atoms with Gasteiger partial charge < -0.3 is 9.64 Å². The summed E-state index contributed by atoms with van der Waals surface area (Å²) in [4.78, 5) is 12.1. The Morgan fingerprint density at radius 1 is 1.46 bits per heavy atom. The normalized spacial score (nSPS) is 12.1. The van der Waals surface area contributed by atoms with E-state index in [0.717, 1.165) is 7.11 Å². The lowest BCUT2D eigenvalue weighted by atomic mass is 10.5. The standard InChI is InChI=1S/C8H13ClFNO2/c1-4-11(5-2)7(10)6(9)8(12)13-3/h4-5H2,1-3H3/b7-6-. The minimum absolute atomic E-state index is 0.454. The van der Waals surface area contributed by atoms with Gasteiger partial charge in [0.25, 0.3) is 0 Å². The van der Waals surface area contributed by atoms with E-state index in [9.17, 15) is 9.18 Å². The zero-order valence-corrected chi connectivity index (χ0v) is 8.69. The third kappa shape index (κ3) is 3.22. The number of hydrogen-bond donors (Lipinski definition) is 0. The Bertz CT molecular complexity index is 214. The Labute approximate surface area is 82.1 Å². The first-order valence-electron chi connectivity index (χ1n) is 3.96. The van der Waals surface area contributed by atoms with Gasteiger partial charge in [0.1, 0.15) is 0 Å². The number of hydrogen-bond acceptors (Lipinski definition) is 3. The predicted octanol–water partition coefficient (Wildman–Crippen LogP) is 1.88. The van der Waals surface area contributed by atoms with Crippen molar-refractivity contribution in [2.45, 2.75) is 13.8 Å².